The average molecular weight is 359 g/mol. The molecule has 9 heteroatoms. The lowest BCUT2D eigenvalue weighted by molar-refractivity contribution is -0.759. The summed E-state index contributed by atoms with van der Waals surface area (Å²) in [7, 11) is 0. The van der Waals surface area contributed by atoms with Gasteiger partial charge in [-0.05, 0) is 31.4 Å². The molecule has 2 N–H and O–H groups in total. The van der Waals surface area contributed by atoms with Gasteiger partial charge in [0.25, 0.3) is 6.20 Å². The summed E-state index contributed by atoms with van der Waals surface area (Å²) in [6.07, 6.45) is 5.25. The topological polar surface area (TPSA) is 90.9 Å². The van der Waals surface area contributed by atoms with E-state index in [0.29, 0.717) is 5.88 Å². The van der Waals surface area contributed by atoms with E-state index in [-0.39, 0.29) is 11.7 Å². The average Bonchev–Trinajstić information content (AvgIpc) is 3.27. The summed E-state index contributed by atoms with van der Waals surface area (Å²) in [6, 6.07) is 7.78. The number of aromatic nitrogens is 4. The lowest BCUT2D eigenvalue weighted by atomic mass is 10.2. The van der Waals surface area contributed by atoms with Crippen LogP contribution in [0.25, 0.3) is 11.0 Å². The third-order valence-corrected chi connectivity index (χ3v) is 4.92. The highest BCUT2D eigenvalue weighted by Crippen LogP contribution is 2.19. The number of anilines is 1. The van der Waals surface area contributed by atoms with Gasteiger partial charge in [0.15, 0.2) is 5.16 Å². The van der Waals surface area contributed by atoms with E-state index in [2.05, 4.69) is 25.6 Å². The molecular weight excluding hydrogens is 340 g/mol. The summed E-state index contributed by atoms with van der Waals surface area (Å²) in [4.78, 5) is 21.4. The van der Waals surface area contributed by atoms with Gasteiger partial charge in [0.05, 0.1) is 34.7 Å². The number of nitrogens with one attached hydrogen (secondary N) is 2. The number of amides is 1. The molecule has 0 atom stereocenters. The van der Waals surface area contributed by atoms with Crippen LogP contribution in [0.2, 0.25) is 0 Å². The lowest BCUT2D eigenvalue weighted by Gasteiger charge is -2.17. The molecule has 0 saturated carbocycles. The van der Waals surface area contributed by atoms with Gasteiger partial charge in [0.1, 0.15) is 0 Å². The fourth-order valence-corrected chi connectivity index (χ4v) is 3.50. The Morgan fingerprint density at radius 3 is 3.00 bits per heavy atom. The molecule has 130 valence electrons. The predicted molar refractivity (Wildman–Crippen MR) is 93.9 cm³/mol. The molecule has 0 radical (unpaired) electrons. The third kappa shape index (κ3) is 3.76. The smallest absolute Gasteiger partial charge is 0.305 e. The maximum absolute atomic E-state index is 12.1. The number of piperidine rings is 1. The number of fused-ring (bicyclic) bond motifs is 1. The van der Waals surface area contributed by atoms with Gasteiger partial charge < -0.3 is 4.98 Å². The van der Waals surface area contributed by atoms with Crippen LogP contribution in [0.3, 0.4) is 0 Å². The minimum absolute atomic E-state index is 0.160. The minimum Gasteiger partial charge on any atom is -0.333 e. The Balaban J connectivity index is 1.32. The van der Waals surface area contributed by atoms with E-state index in [1.54, 1.807) is 11.0 Å². The molecule has 0 unspecified atom stereocenters. The van der Waals surface area contributed by atoms with Crippen molar-refractivity contribution < 1.29 is 14.1 Å². The molecule has 3 aromatic rings. The molecule has 1 aliphatic heterocycles. The molecule has 25 heavy (non-hydrogen) atoms. The number of carbonyl (C=O) groups is 1. The Labute approximate surface area is 148 Å². The summed E-state index contributed by atoms with van der Waals surface area (Å²) < 4.78 is 5.20. The van der Waals surface area contributed by atoms with Crippen LogP contribution in [0.1, 0.15) is 19.3 Å². The van der Waals surface area contributed by atoms with E-state index in [0.717, 1.165) is 42.1 Å². The summed E-state index contributed by atoms with van der Waals surface area (Å²) in [5.41, 5.74) is 1.85. The van der Waals surface area contributed by atoms with Crippen molar-refractivity contribution in [1.82, 2.24) is 15.2 Å². The van der Waals surface area contributed by atoms with Crippen LogP contribution in [0, 0.1) is 0 Å². The normalized spacial score (nSPS) is 14.8. The minimum atomic E-state index is -0.160. The Hall–Kier alpha value is -2.55. The monoisotopic (exact) mass is 359 g/mol. The quantitative estimate of drug-likeness (QED) is 0.532. The van der Waals surface area contributed by atoms with E-state index < -0.39 is 0 Å². The van der Waals surface area contributed by atoms with Crippen molar-refractivity contribution in [2.45, 2.75) is 24.4 Å². The third-order valence-electron chi connectivity index (χ3n) is 4.05. The largest absolute Gasteiger partial charge is 0.333 e. The van der Waals surface area contributed by atoms with E-state index >= 15 is 0 Å². The zero-order valence-corrected chi connectivity index (χ0v) is 14.5. The summed E-state index contributed by atoms with van der Waals surface area (Å²) >= 11 is 1.35. The van der Waals surface area contributed by atoms with Gasteiger partial charge in [-0.25, -0.2) is 4.98 Å². The molecule has 1 aliphatic rings. The SMILES string of the molecule is O=C(CSc1nc2ccccc2[nH]1)Nc1c[n+](N2CCCCC2)no1. The Morgan fingerprint density at radius 1 is 1.32 bits per heavy atom. The van der Waals surface area contributed by atoms with Gasteiger partial charge in [-0.1, -0.05) is 23.9 Å². The van der Waals surface area contributed by atoms with Crippen molar-refractivity contribution in [3.63, 3.8) is 0 Å². The number of imidazole rings is 1. The van der Waals surface area contributed by atoms with Gasteiger partial charge in [0.2, 0.25) is 11.2 Å². The van der Waals surface area contributed by atoms with Crippen molar-refractivity contribution in [2.75, 3.05) is 29.2 Å². The standard InChI is InChI=1S/C16H18N6O2S/c23-14(11-25-16-17-12-6-2-3-7-13(12)18-16)19-15-10-22(20-24-15)21-8-4-1-5-9-21/h2-3,6-7,10H,1,4-5,8-9,11H2,(H-,17,18,19,20,23)/p+1. The van der Waals surface area contributed by atoms with Gasteiger partial charge in [-0.15, -0.1) is 0 Å². The molecule has 0 aliphatic carbocycles. The van der Waals surface area contributed by atoms with Gasteiger partial charge in [-0.2, -0.15) is 5.01 Å². The number of hydrogen-bond acceptors (Lipinski definition) is 6. The molecule has 4 rings (SSSR count). The van der Waals surface area contributed by atoms with Crippen LogP contribution in [0.4, 0.5) is 5.88 Å². The molecule has 2 aromatic heterocycles. The Kier molecular flexibility index (Phi) is 4.55. The van der Waals surface area contributed by atoms with Crippen LogP contribution in [0.5, 0.6) is 0 Å². The summed E-state index contributed by atoms with van der Waals surface area (Å²) in [5, 5.41) is 9.52. The number of hydrogen-bond donors (Lipinski definition) is 2. The van der Waals surface area contributed by atoms with Crippen molar-refractivity contribution in [3.05, 3.63) is 30.5 Å². The fourth-order valence-electron chi connectivity index (χ4n) is 2.81. The first-order valence-electron chi connectivity index (χ1n) is 8.29. The summed E-state index contributed by atoms with van der Waals surface area (Å²) in [5.74, 6) is 0.428. The number of aromatic amines is 1. The highest BCUT2D eigenvalue weighted by Gasteiger charge is 2.23. The van der Waals surface area contributed by atoms with Crippen molar-refractivity contribution in [3.8, 4) is 0 Å². The van der Waals surface area contributed by atoms with Crippen molar-refractivity contribution >= 4 is 34.6 Å². The van der Waals surface area contributed by atoms with Gasteiger partial charge in [0, 0.05) is 0 Å². The highest BCUT2D eigenvalue weighted by molar-refractivity contribution is 7.99. The molecule has 1 fully saturated rings. The molecule has 0 bridgehead atoms. The molecule has 1 saturated heterocycles. The van der Waals surface area contributed by atoms with Gasteiger partial charge in [-0.3, -0.25) is 14.6 Å². The van der Waals surface area contributed by atoms with E-state index in [1.807, 2.05) is 24.3 Å². The molecule has 1 amide bonds. The van der Waals surface area contributed by atoms with Crippen molar-refractivity contribution in [1.29, 1.82) is 0 Å². The van der Waals surface area contributed by atoms with Gasteiger partial charge >= 0.3 is 5.88 Å². The fraction of sp³-hybridized carbons (Fsp3) is 0.375. The van der Waals surface area contributed by atoms with E-state index in [1.165, 1.54) is 18.2 Å². The zero-order chi connectivity index (χ0) is 17.1. The lowest BCUT2D eigenvalue weighted by Crippen LogP contribution is -2.60. The number of H-pyrrole nitrogens is 1. The first kappa shape index (κ1) is 15.9. The predicted octanol–water partition coefficient (Wildman–Crippen LogP) is 1.69. The number of benzene rings is 1. The Bertz CT molecular complexity index is 837. The van der Waals surface area contributed by atoms with Crippen LogP contribution < -0.4 is 15.1 Å². The highest BCUT2D eigenvalue weighted by atomic mass is 32.2. The van der Waals surface area contributed by atoms with Crippen LogP contribution in [-0.2, 0) is 4.79 Å². The first-order chi connectivity index (χ1) is 12.3. The molecule has 0 spiro atoms. The molecule has 8 nitrogen and oxygen atoms in total. The second-order valence-corrected chi connectivity index (χ2v) is 6.86. The number of thioether (sulfide) groups is 1. The van der Waals surface area contributed by atoms with Crippen LogP contribution >= 0.6 is 11.8 Å². The van der Waals surface area contributed by atoms with E-state index in [4.69, 9.17) is 4.52 Å². The maximum Gasteiger partial charge on any atom is 0.305 e. The molecule has 1 aromatic carbocycles. The Morgan fingerprint density at radius 2 is 2.16 bits per heavy atom. The maximum atomic E-state index is 12.1. The molecule has 3 heterocycles. The van der Waals surface area contributed by atoms with Crippen LogP contribution in [-0.4, -0.2) is 40.0 Å². The number of rotatable bonds is 5. The van der Waals surface area contributed by atoms with E-state index in [9.17, 15) is 4.79 Å². The molecular formula is C16H19N6O2S+. The number of para-hydroxylation sites is 2. The second kappa shape index (κ2) is 7.14. The number of nitrogens with zero attached hydrogens (tertiary/aromatic N) is 4. The van der Waals surface area contributed by atoms with Crippen LogP contribution in [0.15, 0.2) is 40.1 Å². The number of carbonyl (C=O) groups excluding carboxylic acids is 1. The summed E-state index contributed by atoms with van der Waals surface area (Å²) in [6.45, 7) is 1.90. The first-order valence-corrected chi connectivity index (χ1v) is 9.28. The van der Waals surface area contributed by atoms with Crippen molar-refractivity contribution in [2.24, 2.45) is 0 Å². The zero-order valence-electron chi connectivity index (χ0n) is 13.6. The second-order valence-electron chi connectivity index (χ2n) is 5.90.